The molecule has 0 amide bonds. The zero-order chi connectivity index (χ0) is 81.6. The molecule has 0 N–H and O–H groups in total. The molecule has 18 aromatic rings. The first-order chi connectivity index (χ1) is 57.9. The molecule has 576 valence electrons. The molecule has 3 aromatic heterocycles. The number of benzene rings is 15. The van der Waals surface area contributed by atoms with Crippen LogP contribution in [0.15, 0.2) is 334 Å². The van der Waals surface area contributed by atoms with Crippen molar-refractivity contribution in [1.82, 2.24) is 0 Å². The van der Waals surface area contributed by atoms with Crippen molar-refractivity contribution in [3.63, 3.8) is 0 Å². The van der Waals surface area contributed by atoms with Gasteiger partial charge in [-0.05, 0) is 298 Å². The Bertz CT molecular complexity index is 7170. The van der Waals surface area contributed by atoms with Gasteiger partial charge in [-0.1, -0.05) is 258 Å². The summed E-state index contributed by atoms with van der Waals surface area (Å²) in [4.78, 5) is 0. The van der Waals surface area contributed by atoms with Gasteiger partial charge in [-0.3, -0.25) is 0 Å². The highest BCUT2D eigenvalue weighted by Gasteiger charge is 2.31. The van der Waals surface area contributed by atoms with Crippen molar-refractivity contribution in [1.29, 1.82) is 0 Å². The topological polar surface area (TPSA) is 11.6 Å². The van der Waals surface area contributed by atoms with Gasteiger partial charge in [0, 0.05) is 63.9 Å². The highest BCUT2D eigenvalue weighted by atomic mass is 19.1. The second-order valence-corrected chi connectivity index (χ2v) is 33.9. The summed E-state index contributed by atoms with van der Waals surface area (Å²) in [5.41, 5.74) is 49.3. The van der Waals surface area contributed by atoms with Crippen molar-refractivity contribution < 1.29 is 18.1 Å². The molecule has 3 heterocycles. The Hall–Kier alpha value is -13.5. The highest BCUT2D eigenvalue weighted by molar-refractivity contribution is 6.08. The molecule has 0 unspecified atom stereocenters. The van der Waals surface area contributed by atoms with Crippen molar-refractivity contribution >= 4 is 32.7 Å². The smallest absolute Gasteiger partial charge is 0.206 e. The predicted octanol–water partition coefficient (Wildman–Crippen LogP) is 29.0. The Morgan fingerprint density at radius 1 is 0.218 bits per heavy atom. The summed E-state index contributed by atoms with van der Waals surface area (Å²) in [6.07, 6.45) is 2.20. The van der Waals surface area contributed by atoms with Gasteiger partial charge in [0.05, 0.1) is 5.39 Å². The average Bonchev–Trinajstić information content (AvgIpc) is 0.741. The van der Waals surface area contributed by atoms with Gasteiger partial charge in [0.15, 0.2) is 0 Å². The molecule has 21 rings (SSSR count). The lowest BCUT2D eigenvalue weighted by molar-refractivity contribution is -0.633. The normalized spacial score (nSPS) is 11.8. The Morgan fingerprint density at radius 3 is 0.790 bits per heavy atom. The minimum atomic E-state index is -0.122. The number of nitrogens with zero attached hydrogens (tertiary/aromatic N) is 3. The molecular formula is C115H97FN3+3. The number of aromatic nitrogens is 3. The van der Waals surface area contributed by atoms with Crippen molar-refractivity contribution in [3.8, 4) is 167 Å². The summed E-state index contributed by atoms with van der Waals surface area (Å²) < 4.78 is 21.7. The molecular weight excluding hydrogens is 1440 g/mol. The summed E-state index contributed by atoms with van der Waals surface area (Å²) in [6, 6.07) is 123. The first-order valence-corrected chi connectivity index (χ1v) is 42.2. The molecule has 4 heteroatoms. The van der Waals surface area contributed by atoms with E-state index in [4.69, 9.17) is 0 Å². The van der Waals surface area contributed by atoms with E-state index in [1.54, 1.807) is 0 Å². The maximum atomic E-state index is 14.7. The summed E-state index contributed by atoms with van der Waals surface area (Å²) in [5.74, 6) is 1.16. The maximum absolute atomic E-state index is 14.7. The standard InChI is InChI=1S/2C39H34N.C37H29FN/c1-25(2)21-27-17-19-38-28(23-27)18-20-39(40(38)4)35-24-37-34-16-10-8-14-32(34)30-12-6-5-11-29(30)31-13-7-9-15-33(31)36(37)22-26(35)3;1-25(2)21-27-17-18-28-19-20-38(40(4)39(28)23-27)35-24-37-34-16-10-8-14-32(34)30-12-6-5-11-29(30)31-13-7-9-15-33(31)36(37)22-26(35)3;1-22-19-33-30-15-9-7-13-28(30)26-11-5-6-12-27(26)29-14-8-10-16-31(29)34(33)21-32(22)35-18-17-25-24(3)37(38)23(2)20-36(25)39(35)4/h2*5-20,22-25H,21H2,1-4H3;5-21H,1-4H3/q3*+1. The quantitative estimate of drug-likeness (QED) is 0.141. The van der Waals surface area contributed by atoms with E-state index in [-0.39, 0.29) is 5.82 Å². The Balaban J connectivity index is 0.000000118. The van der Waals surface area contributed by atoms with Crippen LogP contribution >= 0.6 is 0 Å². The fraction of sp³-hybridized carbons (Fsp3) is 0.139. The number of rotatable bonds is 7. The van der Waals surface area contributed by atoms with E-state index in [2.05, 4.69) is 411 Å². The van der Waals surface area contributed by atoms with Gasteiger partial charge < -0.3 is 0 Å². The summed E-state index contributed by atoms with van der Waals surface area (Å²) >= 11 is 0. The second-order valence-electron chi connectivity index (χ2n) is 33.9. The lowest BCUT2D eigenvalue weighted by Crippen LogP contribution is -2.32. The molecule has 0 aliphatic heterocycles. The third-order valence-electron chi connectivity index (χ3n) is 25.3. The van der Waals surface area contributed by atoms with Crippen molar-refractivity contribution in [2.45, 2.75) is 75.2 Å². The van der Waals surface area contributed by atoms with Crippen molar-refractivity contribution in [2.75, 3.05) is 0 Å². The van der Waals surface area contributed by atoms with Gasteiger partial charge in [-0.25, -0.2) is 4.39 Å². The molecule has 3 aliphatic rings. The Morgan fingerprint density at radius 2 is 0.471 bits per heavy atom. The van der Waals surface area contributed by atoms with Gasteiger partial charge in [-0.15, -0.1) is 0 Å². The van der Waals surface area contributed by atoms with Gasteiger partial charge in [0.25, 0.3) is 0 Å². The van der Waals surface area contributed by atoms with Crippen LogP contribution in [0.3, 0.4) is 0 Å². The summed E-state index contributed by atoms with van der Waals surface area (Å²) in [6.45, 7) is 19.6. The molecule has 0 saturated carbocycles. The molecule has 0 atom stereocenters. The molecule has 0 bridgehead atoms. The molecule has 0 fully saturated rings. The predicted molar refractivity (Wildman–Crippen MR) is 498 cm³/mol. The first-order valence-electron chi connectivity index (χ1n) is 42.2. The average molecular weight is 1540 g/mol. The lowest BCUT2D eigenvalue weighted by Gasteiger charge is -2.24. The lowest BCUT2D eigenvalue weighted by atomic mass is 9.79. The third kappa shape index (κ3) is 13.4. The third-order valence-corrected chi connectivity index (χ3v) is 25.3. The van der Waals surface area contributed by atoms with E-state index in [0.29, 0.717) is 23.0 Å². The van der Waals surface area contributed by atoms with Crippen LogP contribution in [0, 0.1) is 52.3 Å². The number of hydrogen-bond donors (Lipinski definition) is 0. The van der Waals surface area contributed by atoms with Crippen LogP contribution in [0.4, 0.5) is 4.39 Å². The van der Waals surface area contributed by atoms with Crippen LogP contribution in [0.1, 0.15) is 66.6 Å². The molecule has 15 aromatic carbocycles. The van der Waals surface area contributed by atoms with Crippen LogP contribution in [-0.4, -0.2) is 0 Å². The molecule has 0 saturated heterocycles. The van der Waals surface area contributed by atoms with Gasteiger partial charge in [0.1, 0.15) is 27.0 Å². The van der Waals surface area contributed by atoms with Crippen LogP contribution < -0.4 is 13.7 Å². The van der Waals surface area contributed by atoms with Crippen LogP contribution in [0.25, 0.3) is 200 Å². The summed E-state index contributed by atoms with van der Waals surface area (Å²) in [7, 11) is 6.51. The minimum Gasteiger partial charge on any atom is -0.206 e. The van der Waals surface area contributed by atoms with Crippen LogP contribution in [-0.2, 0) is 34.0 Å². The molecule has 119 heavy (non-hydrogen) atoms. The molecule has 3 nitrogen and oxygen atoms in total. The van der Waals surface area contributed by atoms with E-state index >= 15 is 0 Å². The zero-order valence-electron chi connectivity index (χ0n) is 70.0. The van der Waals surface area contributed by atoms with E-state index in [9.17, 15) is 4.39 Å². The number of aryl methyl sites for hydroxylation is 8. The number of hydrogen-bond acceptors (Lipinski definition) is 0. The van der Waals surface area contributed by atoms with E-state index < -0.39 is 0 Å². The molecule has 0 spiro atoms. The Kier molecular flexibility index (Phi) is 19.6. The van der Waals surface area contributed by atoms with Crippen molar-refractivity contribution in [3.05, 3.63) is 378 Å². The number of halogens is 1. The molecule has 0 radical (unpaired) electrons. The first kappa shape index (κ1) is 75.5. The Labute approximate surface area is 700 Å². The van der Waals surface area contributed by atoms with Crippen LogP contribution in [0.2, 0.25) is 0 Å². The maximum Gasteiger partial charge on any atom is 0.213 e. The minimum absolute atomic E-state index is 0.122. The van der Waals surface area contributed by atoms with Gasteiger partial charge >= 0.3 is 0 Å². The SMILES string of the molecule is Cc1cc2c(cc1-c1ccc3c(C)c(F)c(C)cc3[n+]1C)-c1ccccc1-c1ccccc1-c1ccccc1-2.Cc1cc2c(cc1-c1ccc3cc(CC(C)C)ccc3[n+]1C)-c1ccccc1-c1ccccc1-c1ccccc1-2.Cc1cc2c(cc1-c1ccc3ccc(CC(C)C)cc3[n+]1C)-c1ccccc1-c1ccccc1-c1ccccc1-2. The van der Waals surface area contributed by atoms with Gasteiger partial charge in [0.2, 0.25) is 33.6 Å². The fourth-order valence-corrected chi connectivity index (χ4v) is 19.6. The van der Waals surface area contributed by atoms with Gasteiger partial charge in [-0.2, -0.15) is 13.7 Å². The number of pyridine rings is 3. The molecule has 3 aliphatic carbocycles. The second kappa shape index (κ2) is 30.8. The largest absolute Gasteiger partial charge is 0.213 e. The zero-order valence-corrected chi connectivity index (χ0v) is 70.0. The highest BCUT2D eigenvalue weighted by Crippen LogP contribution is 2.53. The van der Waals surface area contributed by atoms with E-state index in [0.717, 1.165) is 29.4 Å². The van der Waals surface area contributed by atoms with Crippen LogP contribution in [0.5, 0.6) is 0 Å². The summed E-state index contributed by atoms with van der Waals surface area (Å²) in [5, 5.41) is 3.52. The number of fused-ring (bicyclic) bond motifs is 27. The van der Waals surface area contributed by atoms with Crippen molar-refractivity contribution in [2.24, 2.45) is 33.0 Å². The van der Waals surface area contributed by atoms with E-state index in [1.165, 1.54) is 211 Å². The fourth-order valence-electron chi connectivity index (χ4n) is 19.6. The van der Waals surface area contributed by atoms with E-state index in [1.807, 2.05) is 19.9 Å². The monoisotopic (exact) mass is 1540 g/mol.